The summed E-state index contributed by atoms with van der Waals surface area (Å²) in [7, 11) is 0. The molecule has 3 atom stereocenters. The summed E-state index contributed by atoms with van der Waals surface area (Å²) in [5.41, 5.74) is 0.217. The molecule has 3 heteroatoms. The molecule has 0 aliphatic heterocycles. The van der Waals surface area contributed by atoms with Crippen molar-refractivity contribution in [1.29, 1.82) is 0 Å². The summed E-state index contributed by atoms with van der Waals surface area (Å²) in [6.45, 7) is 1.81. The molecule has 3 rings (SSSR count). The van der Waals surface area contributed by atoms with Gasteiger partial charge in [-0.3, -0.25) is 0 Å². The lowest BCUT2D eigenvalue weighted by atomic mass is 9.81. The van der Waals surface area contributed by atoms with Crippen molar-refractivity contribution in [2.45, 2.75) is 56.7 Å². The van der Waals surface area contributed by atoms with E-state index in [4.69, 9.17) is 4.74 Å². The molecule has 0 bridgehead atoms. The second-order valence-corrected chi connectivity index (χ2v) is 6.83. The zero-order valence-corrected chi connectivity index (χ0v) is 14.7. The molecule has 1 N–H and O–H groups in total. The van der Waals surface area contributed by atoms with Gasteiger partial charge in [-0.1, -0.05) is 74.0 Å². The van der Waals surface area contributed by atoms with E-state index in [1.807, 2.05) is 43.3 Å². The molecule has 0 saturated heterocycles. The van der Waals surface area contributed by atoms with E-state index in [2.05, 4.69) is 12.1 Å². The van der Waals surface area contributed by atoms with E-state index >= 15 is 0 Å². The monoisotopic (exact) mass is 338 g/mol. The number of ether oxygens (including phenoxy) is 1. The van der Waals surface area contributed by atoms with Gasteiger partial charge in [-0.25, -0.2) is 4.79 Å². The summed E-state index contributed by atoms with van der Waals surface area (Å²) < 4.78 is 5.88. The maximum absolute atomic E-state index is 12.9. The summed E-state index contributed by atoms with van der Waals surface area (Å²) >= 11 is 0. The molecule has 2 aromatic rings. The molecule has 25 heavy (non-hydrogen) atoms. The van der Waals surface area contributed by atoms with Gasteiger partial charge in [0.05, 0.1) is 0 Å². The van der Waals surface area contributed by atoms with Gasteiger partial charge in [0.2, 0.25) is 0 Å². The summed E-state index contributed by atoms with van der Waals surface area (Å²) in [4.78, 5) is 12.9. The zero-order chi connectivity index (χ0) is 17.7. The molecule has 2 aromatic carbocycles. The van der Waals surface area contributed by atoms with Crippen LogP contribution in [0.4, 0.5) is 0 Å². The lowest BCUT2D eigenvalue weighted by Crippen LogP contribution is -2.40. The van der Waals surface area contributed by atoms with Crippen LogP contribution in [0.2, 0.25) is 0 Å². The number of carbonyl (C=O) groups excluding carboxylic acids is 1. The number of hydrogen-bond acceptors (Lipinski definition) is 3. The summed E-state index contributed by atoms with van der Waals surface area (Å²) in [5, 5.41) is 11.0. The number of aliphatic hydroxyl groups is 1. The van der Waals surface area contributed by atoms with Gasteiger partial charge in [0, 0.05) is 5.92 Å². The van der Waals surface area contributed by atoms with Crippen LogP contribution in [0.3, 0.4) is 0 Å². The Labute approximate surface area is 149 Å². The van der Waals surface area contributed by atoms with Gasteiger partial charge in [-0.05, 0) is 36.8 Å². The van der Waals surface area contributed by atoms with E-state index in [0.29, 0.717) is 12.0 Å². The van der Waals surface area contributed by atoms with Crippen molar-refractivity contribution in [1.82, 2.24) is 0 Å². The summed E-state index contributed by atoms with van der Waals surface area (Å²) in [5.74, 6) is -0.329. The van der Waals surface area contributed by atoms with Gasteiger partial charge in [-0.15, -0.1) is 0 Å². The predicted octanol–water partition coefficient (Wildman–Crippen LogP) is 4.55. The Balaban J connectivity index is 1.80. The van der Waals surface area contributed by atoms with Crippen molar-refractivity contribution in [3.8, 4) is 0 Å². The quantitative estimate of drug-likeness (QED) is 0.813. The van der Waals surface area contributed by atoms with E-state index in [1.54, 1.807) is 12.1 Å². The van der Waals surface area contributed by atoms with Crippen LogP contribution < -0.4 is 0 Å². The fraction of sp³-hybridized carbons (Fsp3) is 0.409. The molecule has 3 nitrogen and oxygen atoms in total. The minimum atomic E-state index is -1.58. The normalized spacial score (nSPS) is 22.8. The van der Waals surface area contributed by atoms with Gasteiger partial charge in [-0.2, -0.15) is 0 Å². The molecule has 0 amide bonds. The maximum atomic E-state index is 12.9. The van der Waals surface area contributed by atoms with Crippen LogP contribution in [0.25, 0.3) is 0 Å². The van der Waals surface area contributed by atoms with Crippen LogP contribution >= 0.6 is 0 Å². The number of hydrogen-bond donors (Lipinski definition) is 1. The lowest BCUT2D eigenvalue weighted by Gasteiger charge is -2.34. The van der Waals surface area contributed by atoms with E-state index < -0.39 is 11.6 Å². The number of esters is 1. The number of rotatable bonds is 5. The molecule has 132 valence electrons. The Morgan fingerprint density at radius 1 is 1.04 bits per heavy atom. The molecular formula is C22H26O3. The topological polar surface area (TPSA) is 46.5 Å². The molecule has 0 unspecified atom stereocenters. The first-order valence-electron chi connectivity index (χ1n) is 9.19. The van der Waals surface area contributed by atoms with Crippen LogP contribution in [0, 0.1) is 0 Å². The fourth-order valence-electron chi connectivity index (χ4n) is 3.73. The Kier molecular flexibility index (Phi) is 5.54. The first-order valence-corrected chi connectivity index (χ1v) is 9.19. The first-order chi connectivity index (χ1) is 12.1. The van der Waals surface area contributed by atoms with Crippen LogP contribution in [0.1, 0.15) is 56.1 Å². The summed E-state index contributed by atoms with van der Waals surface area (Å²) in [6.07, 6.45) is 4.17. The van der Waals surface area contributed by atoms with Crippen molar-refractivity contribution < 1.29 is 14.6 Å². The van der Waals surface area contributed by atoms with Crippen molar-refractivity contribution >= 4 is 5.97 Å². The fourth-order valence-corrected chi connectivity index (χ4v) is 3.73. The van der Waals surface area contributed by atoms with E-state index in [9.17, 15) is 9.90 Å². The third-order valence-electron chi connectivity index (χ3n) is 5.29. The van der Waals surface area contributed by atoms with Crippen LogP contribution in [-0.4, -0.2) is 17.2 Å². The van der Waals surface area contributed by atoms with E-state index in [-0.39, 0.29) is 12.0 Å². The first kappa shape index (κ1) is 17.7. The molecule has 0 spiro atoms. The van der Waals surface area contributed by atoms with E-state index in [0.717, 1.165) is 25.7 Å². The van der Waals surface area contributed by atoms with Crippen LogP contribution in [-0.2, 0) is 15.1 Å². The largest absolute Gasteiger partial charge is 0.459 e. The third-order valence-corrected chi connectivity index (χ3v) is 5.29. The second-order valence-electron chi connectivity index (χ2n) is 6.83. The average Bonchev–Trinajstić information content (AvgIpc) is 2.69. The molecule has 0 radical (unpaired) electrons. The Morgan fingerprint density at radius 2 is 1.64 bits per heavy atom. The summed E-state index contributed by atoms with van der Waals surface area (Å²) in [6, 6.07) is 19.3. The van der Waals surface area contributed by atoms with Crippen molar-refractivity contribution in [2.75, 3.05) is 0 Å². The predicted molar refractivity (Wildman–Crippen MR) is 98.2 cm³/mol. The maximum Gasteiger partial charge on any atom is 0.343 e. The number of benzene rings is 2. The Morgan fingerprint density at radius 3 is 2.28 bits per heavy atom. The minimum Gasteiger partial charge on any atom is -0.459 e. The van der Waals surface area contributed by atoms with Gasteiger partial charge in [0.1, 0.15) is 6.10 Å². The molecule has 0 heterocycles. The van der Waals surface area contributed by atoms with Gasteiger partial charge >= 0.3 is 5.97 Å². The highest BCUT2D eigenvalue weighted by atomic mass is 16.6. The van der Waals surface area contributed by atoms with Gasteiger partial charge in [0.15, 0.2) is 5.60 Å². The SMILES string of the molecule is CC[C@](O)(C(=O)O[C@@H]1CCCC[C@H]1c1ccccc1)c1ccccc1. The smallest absolute Gasteiger partial charge is 0.343 e. The van der Waals surface area contributed by atoms with Crippen molar-refractivity contribution in [3.05, 3.63) is 71.8 Å². The van der Waals surface area contributed by atoms with Gasteiger partial charge < -0.3 is 9.84 Å². The molecule has 1 saturated carbocycles. The minimum absolute atomic E-state index is 0.176. The highest BCUT2D eigenvalue weighted by molar-refractivity contribution is 5.81. The molecule has 1 aliphatic carbocycles. The average molecular weight is 338 g/mol. The molecule has 1 fully saturated rings. The standard InChI is InChI=1S/C22H26O3/c1-2-22(24,18-13-7-4-8-14-18)21(23)25-20-16-10-9-15-19(20)17-11-5-3-6-12-17/h3-8,11-14,19-20,24H,2,9-10,15-16H2,1H3/t19-,20+,22+/m0/s1. The second kappa shape index (κ2) is 7.83. The highest BCUT2D eigenvalue weighted by Gasteiger charge is 2.40. The lowest BCUT2D eigenvalue weighted by molar-refractivity contribution is -0.175. The molecule has 0 aromatic heterocycles. The van der Waals surface area contributed by atoms with Crippen LogP contribution in [0.15, 0.2) is 60.7 Å². The zero-order valence-electron chi connectivity index (χ0n) is 14.7. The number of carbonyl (C=O) groups is 1. The highest BCUT2D eigenvalue weighted by Crippen LogP contribution is 2.37. The molecular weight excluding hydrogens is 312 g/mol. The van der Waals surface area contributed by atoms with Gasteiger partial charge in [0.25, 0.3) is 0 Å². The Hall–Kier alpha value is -2.13. The third kappa shape index (κ3) is 3.77. The Bertz CT molecular complexity index is 683. The van der Waals surface area contributed by atoms with Crippen molar-refractivity contribution in [3.63, 3.8) is 0 Å². The molecule has 1 aliphatic rings. The van der Waals surface area contributed by atoms with Crippen molar-refractivity contribution in [2.24, 2.45) is 0 Å². The van der Waals surface area contributed by atoms with Crippen LogP contribution in [0.5, 0.6) is 0 Å². The van der Waals surface area contributed by atoms with E-state index in [1.165, 1.54) is 5.56 Å².